The molecule has 29 heavy (non-hydrogen) atoms. The van der Waals surface area contributed by atoms with Gasteiger partial charge < -0.3 is 15.2 Å². The third-order valence-electron chi connectivity index (χ3n) is 4.86. The first-order valence-corrected chi connectivity index (χ1v) is 10.1. The maximum Gasteiger partial charge on any atom is 0.229 e. The van der Waals surface area contributed by atoms with E-state index < -0.39 is 0 Å². The predicted molar refractivity (Wildman–Crippen MR) is 111 cm³/mol. The van der Waals surface area contributed by atoms with E-state index in [0.717, 1.165) is 23.6 Å². The van der Waals surface area contributed by atoms with Crippen LogP contribution in [0.5, 0.6) is 5.75 Å². The Morgan fingerprint density at radius 2 is 1.72 bits per heavy atom. The van der Waals surface area contributed by atoms with E-state index in [1.807, 2.05) is 42.5 Å². The monoisotopic (exact) mass is 416 g/mol. The number of hydrogen-bond acceptors (Lipinski definition) is 5. The second-order valence-corrected chi connectivity index (χ2v) is 7.38. The molecule has 3 rings (SSSR count). The largest absolute Gasteiger partial charge is 0.491 e. The zero-order chi connectivity index (χ0) is 20.6. The first kappa shape index (κ1) is 21.3. The van der Waals surface area contributed by atoms with Crippen molar-refractivity contribution in [1.29, 1.82) is 0 Å². The third kappa shape index (κ3) is 6.03. The van der Waals surface area contributed by atoms with Crippen LogP contribution in [0.4, 0.5) is 0 Å². The number of rotatable bonds is 10. The van der Waals surface area contributed by atoms with Crippen LogP contribution < -0.4 is 10.1 Å². The Labute approximate surface area is 175 Å². The first-order chi connectivity index (χ1) is 14.1. The predicted octanol–water partition coefficient (Wildman–Crippen LogP) is 2.69. The van der Waals surface area contributed by atoms with E-state index in [-0.39, 0.29) is 44.4 Å². The number of likely N-dealkylation sites (tertiary alicyclic amines) is 1. The van der Waals surface area contributed by atoms with Gasteiger partial charge in [-0.3, -0.25) is 14.5 Å². The van der Waals surface area contributed by atoms with Gasteiger partial charge in [-0.05, 0) is 48.4 Å². The Bertz CT molecular complexity index is 838. The minimum atomic E-state index is -0.152. The van der Waals surface area contributed by atoms with Crippen molar-refractivity contribution >= 4 is 23.4 Å². The van der Waals surface area contributed by atoms with Gasteiger partial charge in [0.15, 0.2) is 0 Å². The molecule has 7 heteroatoms. The average Bonchev–Trinajstić information content (AvgIpc) is 3.05. The molecule has 154 valence electrons. The van der Waals surface area contributed by atoms with Gasteiger partial charge in [0, 0.05) is 30.0 Å². The summed E-state index contributed by atoms with van der Waals surface area (Å²) in [6, 6.07) is 13.5. The van der Waals surface area contributed by atoms with E-state index in [4.69, 9.17) is 16.3 Å². The Balaban J connectivity index is 1.45. The molecule has 2 amide bonds. The molecule has 0 atom stereocenters. The van der Waals surface area contributed by atoms with Crippen molar-refractivity contribution in [2.75, 3.05) is 19.7 Å². The van der Waals surface area contributed by atoms with Gasteiger partial charge >= 0.3 is 0 Å². The Morgan fingerprint density at radius 1 is 1.03 bits per heavy atom. The van der Waals surface area contributed by atoms with Gasteiger partial charge in [0.25, 0.3) is 0 Å². The van der Waals surface area contributed by atoms with Crippen molar-refractivity contribution < 1.29 is 19.4 Å². The zero-order valence-corrected chi connectivity index (χ0v) is 17.0. The van der Waals surface area contributed by atoms with Crippen molar-refractivity contribution in [3.05, 3.63) is 64.2 Å². The number of imide groups is 1. The molecule has 1 heterocycles. The summed E-state index contributed by atoms with van der Waals surface area (Å²) in [7, 11) is 0. The summed E-state index contributed by atoms with van der Waals surface area (Å²) in [5.74, 6) is 0.263. The molecule has 6 nitrogen and oxygen atoms in total. The van der Waals surface area contributed by atoms with E-state index in [0.29, 0.717) is 17.9 Å². The second-order valence-electron chi connectivity index (χ2n) is 6.94. The van der Waals surface area contributed by atoms with Crippen LogP contribution >= 0.6 is 11.6 Å². The molecule has 2 aromatic rings. The van der Waals surface area contributed by atoms with Crippen LogP contribution in [-0.4, -0.2) is 41.5 Å². The summed E-state index contributed by atoms with van der Waals surface area (Å²) >= 11 is 5.89. The normalized spacial score (nSPS) is 13.9. The van der Waals surface area contributed by atoms with Crippen molar-refractivity contribution in [3.63, 3.8) is 0 Å². The number of benzene rings is 2. The second kappa shape index (κ2) is 10.4. The summed E-state index contributed by atoms with van der Waals surface area (Å²) in [5, 5.41) is 13.8. The van der Waals surface area contributed by atoms with Gasteiger partial charge in [0.1, 0.15) is 12.4 Å². The topological polar surface area (TPSA) is 78.9 Å². The van der Waals surface area contributed by atoms with Crippen LogP contribution in [0.15, 0.2) is 42.5 Å². The summed E-state index contributed by atoms with van der Waals surface area (Å²) in [6.07, 6.45) is 1.46. The van der Waals surface area contributed by atoms with Crippen LogP contribution in [0, 0.1) is 0 Å². The summed E-state index contributed by atoms with van der Waals surface area (Å²) in [6.45, 7) is 1.80. The van der Waals surface area contributed by atoms with E-state index in [1.54, 1.807) is 0 Å². The van der Waals surface area contributed by atoms with Gasteiger partial charge in [-0.2, -0.15) is 0 Å². The summed E-state index contributed by atoms with van der Waals surface area (Å²) in [5.41, 5.74) is 2.94. The average molecular weight is 417 g/mol. The molecule has 1 saturated heterocycles. The first-order valence-electron chi connectivity index (χ1n) is 9.70. The van der Waals surface area contributed by atoms with Crippen LogP contribution in [-0.2, 0) is 29.2 Å². The Morgan fingerprint density at radius 3 is 2.41 bits per heavy atom. The highest BCUT2D eigenvalue weighted by atomic mass is 35.5. The van der Waals surface area contributed by atoms with E-state index in [9.17, 15) is 14.7 Å². The molecule has 1 aliphatic heterocycles. The SMILES string of the molecule is O=C1CCC(=O)N1CCOc1ccc(CNCCc2ccc(Cl)cc2)cc1CO. The lowest BCUT2D eigenvalue weighted by atomic mass is 10.1. The minimum absolute atomic E-state index is 0.143. The van der Waals surface area contributed by atoms with Gasteiger partial charge in [-0.25, -0.2) is 0 Å². The number of nitrogens with one attached hydrogen (secondary N) is 1. The highest BCUT2D eigenvalue weighted by molar-refractivity contribution is 6.30. The van der Waals surface area contributed by atoms with Crippen LogP contribution in [0.3, 0.4) is 0 Å². The zero-order valence-electron chi connectivity index (χ0n) is 16.2. The minimum Gasteiger partial charge on any atom is -0.491 e. The number of nitrogens with zero attached hydrogens (tertiary/aromatic N) is 1. The van der Waals surface area contributed by atoms with Crippen LogP contribution in [0.2, 0.25) is 5.02 Å². The number of ether oxygens (including phenoxy) is 1. The highest BCUT2D eigenvalue weighted by Gasteiger charge is 2.28. The lowest BCUT2D eigenvalue weighted by Gasteiger charge is -2.16. The number of aliphatic hydroxyl groups is 1. The molecular weight excluding hydrogens is 392 g/mol. The molecule has 2 aromatic carbocycles. The molecule has 0 aromatic heterocycles. The molecule has 0 unspecified atom stereocenters. The van der Waals surface area contributed by atoms with Gasteiger partial charge in [0.2, 0.25) is 11.8 Å². The quantitative estimate of drug-likeness (QED) is 0.460. The molecule has 1 aliphatic rings. The van der Waals surface area contributed by atoms with Gasteiger partial charge in [0.05, 0.1) is 13.2 Å². The smallest absolute Gasteiger partial charge is 0.229 e. The number of aliphatic hydroxyl groups excluding tert-OH is 1. The Kier molecular flexibility index (Phi) is 7.63. The standard InChI is InChI=1S/C22H25ClN2O4/c23-19-4-1-16(2-5-19)9-10-24-14-17-3-6-20(18(13-17)15-26)29-12-11-25-21(27)7-8-22(25)28/h1-6,13,24,26H,7-12,14-15H2. The Hall–Kier alpha value is -2.41. The molecular formula is C22H25ClN2O4. The third-order valence-corrected chi connectivity index (χ3v) is 5.11. The molecule has 0 bridgehead atoms. The molecule has 0 aliphatic carbocycles. The lowest BCUT2D eigenvalue weighted by molar-refractivity contribution is -0.138. The van der Waals surface area contributed by atoms with Gasteiger partial charge in [-0.15, -0.1) is 0 Å². The fourth-order valence-corrected chi connectivity index (χ4v) is 3.37. The fraction of sp³-hybridized carbons (Fsp3) is 0.364. The van der Waals surface area contributed by atoms with Crippen molar-refractivity contribution in [2.24, 2.45) is 0 Å². The molecule has 0 spiro atoms. The fourth-order valence-electron chi connectivity index (χ4n) is 3.24. The van der Waals surface area contributed by atoms with Crippen LogP contribution in [0.25, 0.3) is 0 Å². The highest BCUT2D eigenvalue weighted by Crippen LogP contribution is 2.21. The number of hydrogen-bond donors (Lipinski definition) is 2. The van der Waals surface area contributed by atoms with E-state index >= 15 is 0 Å². The maximum atomic E-state index is 11.6. The number of amides is 2. The number of carbonyl (C=O) groups is 2. The van der Waals surface area contributed by atoms with Crippen molar-refractivity contribution in [1.82, 2.24) is 10.2 Å². The number of carbonyl (C=O) groups excluding carboxylic acids is 2. The number of halogens is 1. The molecule has 1 fully saturated rings. The maximum absolute atomic E-state index is 11.6. The van der Waals surface area contributed by atoms with Crippen LogP contribution in [0.1, 0.15) is 29.5 Å². The van der Waals surface area contributed by atoms with Gasteiger partial charge in [-0.1, -0.05) is 29.8 Å². The summed E-state index contributed by atoms with van der Waals surface area (Å²) in [4.78, 5) is 24.5. The van der Waals surface area contributed by atoms with E-state index in [2.05, 4.69) is 5.32 Å². The van der Waals surface area contributed by atoms with E-state index in [1.165, 1.54) is 10.5 Å². The molecule has 2 N–H and O–H groups in total. The molecule has 0 saturated carbocycles. The van der Waals surface area contributed by atoms with Crippen molar-refractivity contribution in [2.45, 2.75) is 32.4 Å². The summed E-state index contributed by atoms with van der Waals surface area (Å²) < 4.78 is 5.70. The lowest BCUT2D eigenvalue weighted by Crippen LogP contribution is -2.33. The van der Waals surface area contributed by atoms with Crippen molar-refractivity contribution in [3.8, 4) is 5.75 Å². The molecule has 0 radical (unpaired) electrons.